The minimum atomic E-state index is -4.45. The lowest BCUT2D eigenvalue weighted by Gasteiger charge is -2.29. The van der Waals surface area contributed by atoms with Gasteiger partial charge in [0, 0.05) is 6.54 Å². The molecule has 0 unspecified atom stereocenters. The van der Waals surface area contributed by atoms with Crippen LogP contribution in [0.2, 0.25) is 5.02 Å². The van der Waals surface area contributed by atoms with Gasteiger partial charge in [-0.1, -0.05) is 37.6 Å². The summed E-state index contributed by atoms with van der Waals surface area (Å²) in [7, 11) is 0. The van der Waals surface area contributed by atoms with Crippen LogP contribution < -0.4 is 10.6 Å². The normalized spacial score (nSPS) is 13.5. The van der Waals surface area contributed by atoms with E-state index in [1.807, 2.05) is 0 Å². The Kier molecular flexibility index (Phi) is 6.88. The Balaban J connectivity index is 2.82. The van der Waals surface area contributed by atoms with Gasteiger partial charge in [0.2, 0.25) is 5.91 Å². The number of amides is 2. The second-order valence-corrected chi connectivity index (χ2v) is 7.18. The summed E-state index contributed by atoms with van der Waals surface area (Å²) in [4.78, 5) is 24.6. The molecule has 1 atom stereocenters. The van der Waals surface area contributed by atoms with Crippen molar-refractivity contribution in [2.45, 2.75) is 39.9 Å². The molecule has 0 aliphatic carbocycles. The molecule has 0 saturated heterocycles. The van der Waals surface area contributed by atoms with Gasteiger partial charge in [-0.2, -0.15) is 13.2 Å². The Bertz CT molecular complexity index is 631. The van der Waals surface area contributed by atoms with E-state index in [-0.39, 0.29) is 16.5 Å². The van der Waals surface area contributed by atoms with E-state index in [4.69, 9.17) is 11.6 Å². The molecule has 0 aromatic heterocycles. The Morgan fingerprint density at radius 2 is 1.72 bits per heavy atom. The summed E-state index contributed by atoms with van der Waals surface area (Å²) in [5.74, 6) is -1.55. The van der Waals surface area contributed by atoms with Crippen molar-refractivity contribution in [3.05, 3.63) is 34.9 Å². The van der Waals surface area contributed by atoms with E-state index >= 15 is 0 Å². The minimum absolute atomic E-state index is 0.193. The van der Waals surface area contributed by atoms with Crippen molar-refractivity contribution in [1.29, 1.82) is 0 Å². The molecule has 0 bridgehead atoms. The molecule has 0 heterocycles. The van der Waals surface area contributed by atoms with Crippen LogP contribution in [-0.2, 0) is 4.79 Å². The molecule has 0 saturated carbocycles. The molecular weight excluding hydrogens is 357 g/mol. The average molecular weight is 379 g/mol. The Labute approximate surface area is 150 Å². The molecule has 140 valence electrons. The van der Waals surface area contributed by atoms with Gasteiger partial charge >= 0.3 is 6.18 Å². The van der Waals surface area contributed by atoms with Crippen molar-refractivity contribution in [2.75, 3.05) is 6.54 Å². The third-order valence-electron chi connectivity index (χ3n) is 3.83. The highest BCUT2D eigenvalue weighted by Gasteiger charge is 2.47. The van der Waals surface area contributed by atoms with Crippen LogP contribution >= 0.6 is 11.6 Å². The summed E-state index contributed by atoms with van der Waals surface area (Å²) in [5, 5.41) is 5.03. The molecule has 0 fully saturated rings. The van der Waals surface area contributed by atoms with Crippen molar-refractivity contribution in [3.63, 3.8) is 0 Å². The number of carbonyl (C=O) groups excluding carboxylic acids is 2. The summed E-state index contributed by atoms with van der Waals surface area (Å²) in [6.45, 7) is 4.79. The molecule has 1 aromatic carbocycles. The van der Waals surface area contributed by atoms with Gasteiger partial charge in [-0.3, -0.25) is 9.59 Å². The fourth-order valence-corrected chi connectivity index (χ4v) is 2.14. The fraction of sp³-hybridized carbons (Fsp3) is 0.529. The van der Waals surface area contributed by atoms with Crippen LogP contribution in [0.5, 0.6) is 0 Å². The standard InChI is InChI=1S/C17H22ClF3N2O2/c1-10(2)13(15(25)22-9-16(3,4)17(19,20)21)23-14(24)11-7-5-6-8-12(11)18/h5-8,10,13H,9H2,1-4H3,(H,22,25)(H,23,24)/t13-/m1/s1. The fourth-order valence-electron chi connectivity index (χ4n) is 1.92. The van der Waals surface area contributed by atoms with Crippen molar-refractivity contribution in [3.8, 4) is 0 Å². The zero-order valence-corrected chi connectivity index (χ0v) is 15.3. The number of alkyl halides is 3. The highest BCUT2D eigenvalue weighted by Crippen LogP contribution is 2.36. The lowest BCUT2D eigenvalue weighted by atomic mass is 9.92. The molecule has 8 heteroatoms. The predicted octanol–water partition coefficient (Wildman–Crippen LogP) is 3.80. The highest BCUT2D eigenvalue weighted by atomic mass is 35.5. The molecule has 0 radical (unpaired) electrons. The van der Waals surface area contributed by atoms with Gasteiger partial charge in [0.25, 0.3) is 5.91 Å². The third-order valence-corrected chi connectivity index (χ3v) is 4.16. The van der Waals surface area contributed by atoms with Gasteiger partial charge in [0.05, 0.1) is 16.0 Å². The number of carbonyl (C=O) groups is 2. The molecule has 0 aliphatic heterocycles. The molecule has 1 rings (SSSR count). The second kappa shape index (κ2) is 8.08. The minimum Gasteiger partial charge on any atom is -0.353 e. The van der Waals surface area contributed by atoms with E-state index in [1.54, 1.807) is 26.0 Å². The molecule has 2 N–H and O–H groups in total. The largest absolute Gasteiger partial charge is 0.395 e. The van der Waals surface area contributed by atoms with Crippen LogP contribution in [-0.4, -0.2) is 30.6 Å². The van der Waals surface area contributed by atoms with Gasteiger partial charge < -0.3 is 10.6 Å². The number of hydrogen-bond acceptors (Lipinski definition) is 2. The first kappa shape index (κ1) is 21.3. The lowest BCUT2D eigenvalue weighted by molar-refractivity contribution is -0.209. The maximum Gasteiger partial charge on any atom is 0.395 e. The molecule has 0 spiro atoms. The highest BCUT2D eigenvalue weighted by molar-refractivity contribution is 6.33. The number of benzene rings is 1. The monoisotopic (exact) mass is 378 g/mol. The summed E-state index contributed by atoms with van der Waals surface area (Å²) in [6, 6.07) is 5.34. The number of halogens is 4. The smallest absolute Gasteiger partial charge is 0.353 e. The quantitative estimate of drug-likeness (QED) is 0.791. The van der Waals surface area contributed by atoms with Crippen LogP contribution in [0.15, 0.2) is 24.3 Å². The first-order valence-electron chi connectivity index (χ1n) is 7.76. The van der Waals surface area contributed by atoms with Crippen molar-refractivity contribution in [1.82, 2.24) is 10.6 Å². The molecule has 4 nitrogen and oxygen atoms in total. The number of hydrogen-bond donors (Lipinski definition) is 2. The molecular formula is C17H22ClF3N2O2. The van der Waals surface area contributed by atoms with E-state index < -0.39 is 36.0 Å². The van der Waals surface area contributed by atoms with Gasteiger partial charge in [-0.05, 0) is 31.9 Å². The van der Waals surface area contributed by atoms with E-state index in [1.165, 1.54) is 12.1 Å². The third kappa shape index (κ3) is 5.63. The zero-order chi connectivity index (χ0) is 19.4. The Morgan fingerprint density at radius 3 is 2.20 bits per heavy atom. The molecule has 1 aromatic rings. The number of rotatable bonds is 6. The van der Waals surface area contributed by atoms with Crippen LogP contribution in [0.4, 0.5) is 13.2 Å². The SMILES string of the molecule is CC(C)[C@@H](NC(=O)c1ccccc1Cl)C(=O)NCC(C)(C)C(F)(F)F. The zero-order valence-electron chi connectivity index (χ0n) is 14.5. The van der Waals surface area contributed by atoms with Crippen molar-refractivity contribution < 1.29 is 22.8 Å². The van der Waals surface area contributed by atoms with E-state index in [0.29, 0.717) is 0 Å². The summed E-state index contributed by atoms with van der Waals surface area (Å²) >= 11 is 5.95. The van der Waals surface area contributed by atoms with Gasteiger partial charge in [0.15, 0.2) is 0 Å². The van der Waals surface area contributed by atoms with Crippen LogP contribution in [0.3, 0.4) is 0 Å². The Hall–Kier alpha value is -1.76. The Morgan fingerprint density at radius 1 is 1.16 bits per heavy atom. The van der Waals surface area contributed by atoms with Crippen LogP contribution in [0.1, 0.15) is 38.1 Å². The average Bonchev–Trinajstić information content (AvgIpc) is 2.49. The summed E-state index contributed by atoms with van der Waals surface area (Å²) < 4.78 is 38.7. The molecule has 0 aliphatic rings. The molecule has 25 heavy (non-hydrogen) atoms. The number of nitrogens with one attached hydrogen (secondary N) is 2. The van der Waals surface area contributed by atoms with Crippen LogP contribution in [0.25, 0.3) is 0 Å². The summed E-state index contributed by atoms with van der Waals surface area (Å²) in [6.07, 6.45) is -4.45. The van der Waals surface area contributed by atoms with Crippen molar-refractivity contribution >= 4 is 23.4 Å². The van der Waals surface area contributed by atoms with E-state index in [0.717, 1.165) is 13.8 Å². The first-order valence-corrected chi connectivity index (χ1v) is 8.14. The maximum absolute atomic E-state index is 12.9. The second-order valence-electron chi connectivity index (χ2n) is 6.77. The van der Waals surface area contributed by atoms with E-state index in [9.17, 15) is 22.8 Å². The van der Waals surface area contributed by atoms with Crippen LogP contribution in [0, 0.1) is 11.3 Å². The predicted molar refractivity (Wildman–Crippen MR) is 90.4 cm³/mol. The topological polar surface area (TPSA) is 58.2 Å². The van der Waals surface area contributed by atoms with E-state index in [2.05, 4.69) is 10.6 Å². The molecule has 2 amide bonds. The first-order chi connectivity index (χ1) is 11.4. The van der Waals surface area contributed by atoms with Gasteiger partial charge in [-0.15, -0.1) is 0 Å². The lowest BCUT2D eigenvalue weighted by Crippen LogP contribution is -2.52. The van der Waals surface area contributed by atoms with Crippen molar-refractivity contribution in [2.24, 2.45) is 11.3 Å². The van der Waals surface area contributed by atoms with Gasteiger partial charge in [-0.25, -0.2) is 0 Å². The summed E-state index contributed by atoms with van der Waals surface area (Å²) in [5.41, 5.74) is -1.88. The maximum atomic E-state index is 12.9. The van der Waals surface area contributed by atoms with Gasteiger partial charge in [0.1, 0.15) is 6.04 Å².